The summed E-state index contributed by atoms with van der Waals surface area (Å²) < 4.78 is 0. The highest BCUT2D eigenvalue weighted by molar-refractivity contribution is 5.92. The first-order valence-corrected chi connectivity index (χ1v) is 6.48. The molecule has 1 aromatic rings. The Morgan fingerprint density at radius 3 is 2.79 bits per heavy atom. The van der Waals surface area contributed by atoms with Gasteiger partial charge >= 0.3 is 0 Å². The molecular formula is C14H19N3O2. The van der Waals surface area contributed by atoms with E-state index in [2.05, 4.69) is 5.16 Å². The number of nitrogens with two attached hydrogens (primary N) is 1. The van der Waals surface area contributed by atoms with Gasteiger partial charge in [0.2, 0.25) is 5.91 Å². The summed E-state index contributed by atoms with van der Waals surface area (Å²) in [6, 6.07) is 9.38. The summed E-state index contributed by atoms with van der Waals surface area (Å²) in [5.41, 5.74) is 6.64. The van der Waals surface area contributed by atoms with Gasteiger partial charge in [0.25, 0.3) is 0 Å². The molecule has 1 heterocycles. The van der Waals surface area contributed by atoms with Crippen molar-refractivity contribution in [2.24, 2.45) is 10.9 Å². The zero-order valence-corrected chi connectivity index (χ0v) is 11.0. The van der Waals surface area contributed by atoms with Gasteiger partial charge in [-0.25, -0.2) is 0 Å². The van der Waals surface area contributed by atoms with Crippen LogP contribution >= 0.6 is 0 Å². The van der Waals surface area contributed by atoms with E-state index in [1.165, 1.54) is 0 Å². The second-order valence-electron chi connectivity index (χ2n) is 4.85. The van der Waals surface area contributed by atoms with Crippen molar-refractivity contribution in [3.63, 3.8) is 0 Å². The second-order valence-corrected chi connectivity index (χ2v) is 4.85. The van der Waals surface area contributed by atoms with Crippen LogP contribution in [0.4, 0.5) is 0 Å². The highest BCUT2D eigenvalue weighted by Crippen LogP contribution is 2.24. The number of carbonyl (C=O) groups is 1. The first-order valence-electron chi connectivity index (χ1n) is 6.48. The average Bonchev–Trinajstić information content (AvgIpc) is 2.95. The maximum Gasteiger partial charge on any atom is 0.230 e. The van der Waals surface area contributed by atoms with E-state index in [0.29, 0.717) is 6.54 Å². The molecule has 19 heavy (non-hydrogen) atoms. The van der Waals surface area contributed by atoms with Gasteiger partial charge in [0, 0.05) is 6.54 Å². The van der Waals surface area contributed by atoms with Crippen molar-refractivity contribution in [1.29, 1.82) is 0 Å². The summed E-state index contributed by atoms with van der Waals surface area (Å²) >= 11 is 0. The molecule has 1 aliphatic heterocycles. The molecule has 3 N–H and O–H groups in total. The van der Waals surface area contributed by atoms with Crippen LogP contribution in [-0.4, -0.2) is 34.4 Å². The molecule has 2 rings (SSSR count). The van der Waals surface area contributed by atoms with Gasteiger partial charge in [-0.05, 0) is 25.3 Å². The van der Waals surface area contributed by atoms with Gasteiger partial charge in [0.15, 0.2) is 5.84 Å². The van der Waals surface area contributed by atoms with Crippen LogP contribution in [-0.2, 0) is 4.79 Å². The molecule has 1 amide bonds. The topological polar surface area (TPSA) is 78.9 Å². The van der Waals surface area contributed by atoms with E-state index in [1.54, 1.807) is 4.90 Å². The normalized spacial score (nSPS) is 21.4. The predicted molar refractivity (Wildman–Crippen MR) is 73.0 cm³/mol. The highest BCUT2D eigenvalue weighted by atomic mass is 16.4. The monoisotopic (exact) mass is 261 g/mol. The smallest absolute Gasteiger partial charge is 0.230 e. The molecule has 1 fully saturated rings. The fourth-order valence-electron chi connectivity index (χ4n) is 2.54. The number of oxime groups is 1. The van der Waals surface area contributed by atoms with Gasteiger partial charge in [-0.2, -0.15) is 0 Å². The van der Waals surface area contributed by atoms with Crippen molar-refractivity contribution in [2.75, 3.05) is 6.54 Å². The lowest BCUT2D eigenvalue weighted by molar-refractivity contribution is -0.132. The summed E-state index contributed by atoms with van der Waals surface area (Å²) in [5, 5.41) is 11.8. The number of amidine groups is 1. The molecule has 5 heteroatoms. The molecule has 0 bridgehead atoms. The average molecular weight is 261 g/mol. The lowest BCUT2D eigenvalue weighted by Crippen LogP contribution is -2.45. The lowest BCUT2D eigenvalue weighted by Gasteiger charge is -2.26. The molecule has 0 aliphatic carbocycles. The molecule has 0 saturated carbocycles. The summed E-state index contributed by atoms with van der Waals surface area (Å²) in [4.78, 5) is 14.2. The molecule has 1 saturated heterocycles. The van der Waals surface area contributed by atoms with Crippen LogP contribution in [0.2, 0.25) is 0 Å². The van der Waals surface area contributed by atoms with Gasteiger partial charge in [0.1, 0.15) is 0 Å². The van der Waals surface area contributed by atoms with E-state index in [9.17, 15) is 4.79 Å². The van der Waals surface area contributed by atoms with Crippen LogP contribution in [0.5, 0.6) is 0 Å². The Labute approximate surface area is 112 Å². The molecule has 2 unspecified atom stereocenters. The van der Waals surface area contributed by atoms with Gasteiger partial charge in [-0.1, -0.05) is 35.5 Å². The first-order chi connectivity index (χ1) is 9.15. The Morgan fingerprint density at radius 1 is 1.47 bits per heavy atom. The fourth-order valence-corrected chi connectivity index (χ4v) is 2.54. The summed E-state index contributed by atoms with van der Waals surface area (Å²) in [6.07, 6.45) is 1.64. The van der Waals surface area contributed by atoms with Crippen molar-refractivity contribution < 1.29 is 10.0 Å². The number of amides is 1. The quantitative estimate of drug-likeness (QED) is 0.375. The number of likely N-dealkylation sites (tertiary alicyclic amines) is 1. The minimum Gasteiger partial charge on any atom is -0.409 e. The molecule has 1 aliphatic rings. The zero-order valence-electron chi connectivity index (χ0n) is 11.0. The molecule has 0 spiro atoms. The largest absolute Gasteiger partial charge is 0.409 e. The van der Waals surface area contributed by atoms with Gasteiger partial charge in [0.05, 0.1) is 12.0 Å². The van der Waals surface area contributed by atoms with Crippen LogP contribution in [0.1, 0.15) is 31.2 Å². The standard InChI is InChI=1S/C14H19N3O2/c1-10(11-6-3-2-4-7-11)14(18)17-9-5-8-12(17)13(15)16-19/h2-4,6-7,10,12,19H,5,8-9H2,1H3,(H2,15,16). The molecule has 1 aromatic carbocycles. The minimum absolute atomic E-state index is 0.0281. The Kier molecular flexibility index (Phi) is 4.04. The van der Waals surface area contributed by atoms with Crippen molar-refractivity contribution in [3.05, 3.63) is 35.9 Å². The SMILES string of the molecule is CC(C(=O)N1CCCC1/C(N)=N/O)c1ccccc1. The molecule has 0 radical (unpaired) electrons. The molecule has 0 aromatic heterocycles. The number of hydrogen-bond donors (Lipinski definition) is 2. The Hall–Kier alpha value is -2.04. The Bertz CT molecular complexity index is 473. The molecule has 5 nitrogen and oxygen atoms in total. The van der Waals surface area contributed by atoms with Crippen LogP contribution < -0.4 is 5.73 Å². The number of nitrogens with zero attached hydrogens (tertiary/aromatic N) is 2. The third-order valence-corrected chi connectivity index (χ3v) is 3.66. The Balaban J connectivity index is 2.15. The minimum atomic E-state index is -0.274. The third-order valence-electron chi connectivity index (χ3n) is 3.66. The van der Waals surface area contributed by atoms with Gasteiger partial charge < -0.3 is 15.8 Å². The van der Waals surface area contributed by atoms with E-state index in [-0.39, 0.29) is 23.7 Å². The lowest BCUT2D eigenvalue weighted by atomic mass is 9.99. The van der Waals surface area contributed by atoms with Crippen molar-refractivity contribution >= 4 is 11.7 Å². The third kappa shape index (κ3) is 2.70. The number of benzene rings is 1. The fraction of sp³-hybridized carbons (Fsp3) is 0.429. The number of rotatable bonds is 3. The Morgan fingerprint density at radius 2 is 2.16 bits per heavy atom. The van der Waals surface area contributed by atoms with Crippen molar-refractivity contribution in [2.45, 2.75) is 31.7 Å². The summed E-state index contributed by atoms with van der Waals surface area (Å²) in [5.74, 6) is -0.0697. The van der Waals surface area contributed by atoms with E-state index in [4.69, 9.17) is 10.9 Å². The first kappa shape index (κ1) is 13.4. The number of carbonyl (C=O) groups excluding carboxylic acids is 1. The van der Waals surface area contributed by atoms with Crippen LogP contribution in [0.3, 0.4) is 0 Å². The number of hydrogen-bond acceptors (Lipinski definition) is 3. The molecule has 2 atom stereocenters. The second kappa shape index (κ2) is 5.73. The molecular weight excluding hydrogens is 242 g/mol. The zero-order chi connectivity index (χ0) is 13.8. The predicted octanol–water partition coefficient (Wildman–Crippen LogP) is 1.53. The van der Waals surface area contributed by atoms with E-state index in [1.807, 2.05) is 37.3 Å². The maximum absolute atomic E-state index is 12.5. The summed E-state index contributed by atoms with van der Waals surface area (Å²) in [6.45, 7) is 2.55. The van der Waals surface area contributed by atoms with Gasteiger partial charge in [-0.3, -0.25) is 4.79 Å². The summed E-state index contributed by atoms with van der Waals surface area (Å²) in [7, 11) is 0. The highest BCUT2D eigenvalue weighted by Gasteiger charge is 2.34. The van der Waals surface area contributed by atoms with Crippen molar-refractivity contribution in [1.82, 2.24) is 4.90 Å². The molecule has 102 valence electrons. The maximum atomic E-state index is 12.5. The van der Waals surface area contributed by atoms with Crippen LogP contribution in [0.25, 0.3) is 0 Å². The van der Waals surface area contributed by atoms with Gasteiger partial charge in [-0.15, -0.1) is 0 Å². The van der Waals surface area contributed by atoms with Crippen LogP contribution in [0, 0.1) is 0 Å². The van der Waals surface area contributed by atoms with E-state index in [0.717, 1.165) is 18.4 Å². The van der Waals surface area contributed by atoms with E-state index < -0.39 is 0 Å². The van der Waals surface area contributed by atoms with E-state index >= 15 is 0 Å². The van der Waals surface area contributed by atoms with Crippen LogP contribution in [0.15, 0.2) is 35.5 Å². The van der Waals surface area contributed by atoms with Crippen molar-refractivity contribution in [3.8, 4) is 0 Å².